The molecule has 2 aromatic rings. The molecule has 1 heterocycles. The van der Waals surface area contributed by atoms with Gasteiger partial charge in [-0.15, -0.1) is 0 Å². The number of aryl methyl sites for hydroxylation is 3. The van der Waals surface area contributed by atoms with E-state index in [-0.39, 0.29) is 24.4 Å². The molecular formula is C18H22N2O3. The molecule has 0 bridgehead atoms. The number of rotatable bonds is 6. The quantitative estimate of drug-likeness (QED) is 0.860. The highest BCUT2D eigenvalue weighted by Crippen LogP contribution is 2.16. The SMILES string of the molecule is Cc1cc(C)c(CNC(=O)CCOc2ccccc2C)c(=O)[nH]1. The van der Waals surface area contributed by atoms with E-state index in [1.807, 2.05) is 51.1 Å². The van der Waals surface area contributed by atoms with Crippen LogP contribution < -0.4 is 15.6 Å². The first-order valence-electron chi connectivity index (χ1n) is 7.62. The molecule has 1 amide bonds. The van der Waals surface area contributed by atoms with Crippen LogP contribution in [0.5, 0.6) is 5.75 Å². The van der Waals surface area contributed by atoms with Gasteiger partial charge < -0.3 is 15.0 Å². The zero-order valence-corrected chi connectivity index (χ0v) is 13.7. The fourth-order valence-corrected chi connectivity index (χ4v) is 2.35. The van der Waals surface area contributed by atoms with Crippen LogP contribution in [0.3, 0.4) is 0 Å². The smallest absolute Gasteiger partial charge is 0.253 e. The van der Waals surface area contributed by atoms with E-state index >= 15 is 0 Å². The predicted octanol–water partition coefficient (Wildman–Crippen LogP) is 2.39. The Hall–Kier alpha value is -2.56. The van der Waals surface area contributed by atoms with Gasteiger partial charge in [0.1, 0.15) is 5.75 Å². The fraction of sp³-hybridized carbons (Fsp3) is 0.333. The molecule has 0 aliphatic heterocycles. The molecule has 0 radical (unpaired) electrons. The van der Waals surface area contributed by atoms with Gasteiger partial charge in [0.25, 0.3) is 5.56 Å². The fourth-order valence-electron chi connectivity index (χ4n) is 2.35. The highest BCUT2D eigenvalue weighted by Gasteiger charge is 2.08. The number of para-hydroxylation sites is 1. The third-order valence-corrected chi connectivity index (χ3v) is 3.64. The number of amides is 1. The molecule has 1 aromatic heterocycles. The zero-order chi connectivity index (χ0) is 16.8. The summed E-state index contributed by atoms with van der Waals surface area (Å²) in [6.07, 6.45) is 0.247. The maximum atomic E-state index is 11.9. The van der Waals surface area contributed by atoms with E-state index in [1.54, 1.807) is 0 Å². The molecule has 0 aliphatic carbocycles. The van der Waals surface area contributed by atoms with E-state index in [1.165, 1.54) is 0 Å². The maximum absolute atomic E-state index is 11.9. The van der Waals surface area contributed by atoms with Gasteiger partial charge in [-0.3, -0.25) is 9.59 Å². The summed E-state index contributed by atoms with van der Waals surface area (Å²) in [5.41, 5.74) is 3.16. The van der Waals surface area contributed by atoms with Crippen molar-refractivity contribution in [3.05, 3.63) is 63.1 Å². The van der Waals surface area contributed by atoms with Crippen molar-refractivity contribution in [3.8, 4) is 5.75 Å². The average molecular weight is 314 g/mol. The van der Waals surface area contributed by atoms with Crippen molar-refractivity contribution in [1.82, 2.24) is 10.3 Å². The Kier molecular flexibility index (Phi) is 5.57. The molecule has 0 spiro atoms. The van der Waals surface area contributed by atoms with E-state index in [2.05, 4.69) is 10.3 Å². The van der Waals surface area contributed by atoms with Crippen LogP contribution in [-0.4, -0.2) is 17.5 Å². The number of aromatic amines is 1. The molecule has 23 heavy (non-hydrogen) atoms. The number of hydrogen-bond acceptors (Lipinski definition) is 3. The molecule has 0 atom stereocenters. The molecule has 2 N–H and O–H groups in total. The molecule has 0 saturated heterocycles. The summed E-state index contributed by atoms with van der Waals surface area (Å²) in [4.78, 5) is 26.5. The number of carbonyl (C=O) groups is 1. The van der Waals surface area contributed by atoms with Gasteiger partial charge in [-0.25, -0.2) is 0 Å². The molecule has 2 rings (SSSR count). The third-order valence-electron chi connectivity index (χ3n) is 3.64. The van der Waals surface area contributed by atoms with Crippen LogP contribution in [0.25, 0.3) is 0 Å². The molecule has 5 heteroatoms. The van der Waals surface area contributed by atoms with E-state index in [0.717, 1.165) is 22.6 Å². The Labute approximate surface area is 135 Å². The predicted molar refractivity (Wildman–Crippen MR) is 89.7 cm³/mol. The molecule has 5 nitrogen and oxygen atoms in total. The van der Waals surface area contributed by atoms with Crippen LogP contribution in [0, 0.1) is 20.8 Å². The molecule has 0 unspecified atom stereocenters. The number of benzene rings is 1. The third kappa shape index (κ3) is 4.71. The lowest BCUT2D eigenvalue weighted by Crippen LogP contribution is -2.28. The normalized spacial score (nSPS) is 10.4. The Morgan fingerprint density at radius 1 is 1.17 bits per heavy atom. The number of carbonyl (C=O) groups excluding carboxylic acids is 1. The number of nitrogens with one attached hydrogen (secondary N) is 2. The van der Waals surface area contributed by atoms with Crippen molar-refractivity contribution >= 4 is 5.91 Å². The second-order valence-corrected chi connectivity index (χ2v) is 5.58. The highest BCUT2D eigenvalue weighted by atomic mass is 16.5. The Morgan fingerprint density at radius 2 is 1.91 bits per heavy atom. The summed E-state index contributed by atoms with van der Waals surface area (Å²) in [5, 5.41) is 2.76. The van der Waals surface area contributed by atoms with Crippen molar-refractivity contribution in [3.63, 3.8) is 0 Å². The number of pyridine rings is 1. The van der Waals surface area contributed by atoms with Gasteiger partial charge in [-0.2, -0.15) is 0 Å². The monoisotopic (exact) mass is 314 g/mol. The summed E-state index contributed by atoms with van der Waals surface area (Å²) in [5.74, 6) is 0.643. The lowest BCUT2D eigenvalue weighted by atomic mass is 10.1. The molecule has 0 saturated carbocycles. The summed E-state index contributed by atoms with van der Waals surface area (Å²) < 4.78 is 5.59. The maximum Gasteiger partial charge on any atom is 0.253 e. The van der Waals surface area contributed by atoms with Gasteiger partial charge in [0.2, 0.25) is 5.91 Å². The van der Waals surface area contributed by atoms with Crippen LogP contribution >= 0.6 is 0 Å². The van der Waals surface area contributed by atoms with Crippen molar-refractivity contribution in [2.45, 2.75) is 33.7 Å². The van der Waals surface area contributed by atoms with E-state index in [9.17, 15) is 9.59 Å². The van der Waals surface area contributed by atoms with Gasteiger partial charge in [-0.1, -0.05) is 18.2 Å². The number of ether oxygens (including phenoxy) is 1. The lowest BCUT2D eigenvalue weighted by Gasteiger charge is -2.10. The second kappa shape index (κ2) is 7.63. The van der Waals surface area contributed by atoms with Crippen LogP contribution in [0.4, 0.5) is 0 Å². The van der Waals surface area contributed by atoms with Crippen molar-refractivity contribution in [2.24, 2.45) is 0 Å². The molecule has 122 valence electrons. The van der Waals surface area contributed by atoms with Crippen molar-refractivity contribution < 1.29 is 9.53 Å². The topological polar surface area (TPSA) is 71.2 Å². The van der Waals surface area contributed by atoms with Crippen LogP contribution in [0.2, 0.25) is 0 Å². The zero-order valence-electron chi connectivity index (χ0n) is 13.7. The second-order valence-electron chi connectivity index (χ2n) is 5.58. The van der Waals surface area contributed by atoms with Gasteiger partial charge in [-0.05, 0) is 44.0 Å². The summed E-state index contributed by atoms with van der Waals surface area (Å²) in [7, 11) is 0. The van der Waals surface area contributed by atoms with E-state index in [4.69, 9.17) is 4.74 Å². The average Bonchev–Trinajstić information content (AvgIpc) is 2.48. The number of H-pyrrole nitrogens is 1. The van der Waals surface area contributed by atoms with E-state index < -0.39 is 0 Å². The first-order valence-corrected chi connectivity index (χ1v) is 7.62. The summed E-state index contributed by atoms with van der Waals surface area (Å²) >= 11 is 0. The first-order chi connectivity index (χ1) is 11.0. The molecule has 1 aromatic carbocycles. The molecule has 0 fully saturated rings. The summed E-state index contributed by atoms with van der Waals surface area (Å²) in [6.45, 7) is 6.19. The highest BCUT2D eigenvalue weighted by molar-refractivity contribution is 5.76. The van der Waals surface area contributed by atoms with Crippen molar-refractivity contribution in [2.75, 3.05) is 6.61 Å². The molecular weight excluding hydrogens is 292 g/mol. The minimum Gasteiger partial charge on any atom is -0.493 e. The molecule has 0 aliphatic rings. The minimum absolute atomic E-state index is 0.141. The van der Waals surface area contributed by atoms with Crippen LogP contribution in [-0.2, 0) is 11.3 Å². The van der Waals surface area contributed by atoms with Crippen LogP contribution in [0.15, 0.2) is 35.1 Å². The Bertz CT molecular complexity index is 750. The largest absolute Gasteiger partial charge is 0.493 e. The first kappa shape index (κ1) is 16.8. The van der Waals surface area contributed by atoms with Crippen molar-refractivity contribution in [1.29, 1.82) is 0 Å². The minimum atomic E-state index is -0.154. The Morgan fingerprint density at radius 3 is 2.61 bits per heavy atom. The van der Waals surface area contributed by atoms with Gasteiger partial charge >= 0.3 is 0 Å². The number of hydrogen-bond donors (Lipinski definition) is 2. The standard InChI is InChI=1S/C18H22N2O3/c1-12-6-4-5-7-16(12)23-9-8-17(21)19-11-15-13(2)10-14(3)20-18(15)22/h4-7,10H,8-9,11H2,1-3H3,(H,19,21)(H,20,22). The van der Waals surface area contributed by atoms with E-state index in [0.29, 0.717) is 12.2 Å². The van der Waals surface area contributed by atoms with Gasteiger partial charge in [0.15, 0.2) is 0 Å². The van der Waals surface area contributed by atoms with Gasteiger partial charge in [0.05, 0.1) is 13.0 Å². The van der Waals surface area contributed by atoms with Gasteiger partial charge in [0, 0.05) is 17.8 Å². The summed E-state index contributed by atoms with van der Waals surface area (Å²) in [6, 6.07) is 9.57. The Balaban J connectivity index is 1.82. The number of aromatic nitrogens is 1. The van der Waals surface area contributed by atoms with Crippen LogP contribution in [0.1, 0.15) is 28.8 Å². The lowest BCUT2D eigenvalue weighted by molar-refractivity contribution is -0.121.